The molecule has 1 heterocycles. The molecule has 5 atom stereocenters. The van der Waals surface area contributed by atoms with Crippen molar-refractivity contribution in [1.29, 1.82) is 0 Å². The van der Waals surface area contributed by atoms with Gasteiger partial charge in [0.25, 0.3) is 0 Å². The number of Topliss-reactive ketones (excluding diaryl/α,β-unsaturated/α-hetero) is 1. The molecule has 1 aliphatic heterocycles. The maximum Gasteiger partial charge on any atom is 0.303 e. The van der Waals surface area contributed by atoms with Gasteiger partial charge < -0.3 is 40.1 Å². The highest BCUT2D eigenvalue weighted by Crippen LogP contribution is 2.46. The second-order valence-corrected chi connectivity index (χ2v) is 5.94. The lowest BCUT2D eigenvalue weighted by Gasteiger charge is -2.42. The van der Waals surface area contributed by atoms with Gasteiger partial charge in [-0.3, -0.25) is 9.59 Å². The van der Waals surface area contributed by atoms with Crippen molar-refractivity contribution in [2.45, 2.75) is 44.4 Å². The van der Waals surface area contributed by atoms with Gasteiger partial charge in [-0.05, 0) is 6.92 Å². The van der Waals surface area contributed by atoms with Crippen LogP contribution in [0.15, 0.2) is 6.07 Å². The number of aromatic hydroxyl groups is 3. The number of phenolic OH excluding ortho intramolecular Hbond substituents is 3. The van der Waals surface area contributed by atoms with Gasteiger partial charge in [0.05, 0.1) is 12.2 Å². The molecule has 1 aliphatic rings. The number of carbonyl (C=O) groups is 2. The van der Waals surface area contributed by atoms with Gasteiger partial charge in [-0.2, -0.15) is 0 Å². The molecule has 0 saturated carbocycles. The molecule has 1 saturated heterocycles. The van der Waals surface area contributed by atoms with Gasteiger partial charge in [0, 0.05) is 13.0 Å². The molecule has 0 radical (unpaired) electrons. The summed E-state index contributed by atoms with van der Waals surface area (Å²) < 4.78 is 10.4. The Morgan fingerprint density at radius 3 is 2.23 bits per heavy atom. The van der Waals surface area contributed by atoms with E-state index in [0.717, 1.165) is 19.9 Å². The van der Waals surface area contributed by atoms with Crippen LogP contribution in [0.25, 0.3) is 0 Å². The lowest BCUT2D eigenvalue weighted by molar-refractivity contribution is -0.241. The zero-order valence-electron chi connectivity index (χ0n) is 14.0. The fourth-order valence-electron chi connectivity index (χ4n) is 2.93. The summed E-state index contributed by atoms with van der Waals surface area (Å²) in [5, 5.41) is 59.8. The van der Waals surface area contributed by atoms with E-state index in [1.165, 1.54) is 0 Å². The van der Waals surface area contributed by atoms with Gasteiger partial charge in [-0.25, -0.2) is 0 Å². The normalized spacial score (nSPS) is 28.6. The van der Waals surface area contributed by atoms with Crippen LogP contribution in [0, 0.1) is 0 Å². The van der Waals surface area contributed by atoms with Crippen molar-refractivity contribution < 1.29 is 49.7 Å². The molecule has 144 valence electrons. The van der Waals surface area contributed by atoms with E-state index in [1.54, 1.807) is 0 Å². The Morgan fingerprint density at radius 1 is 1.12 bits per heavy atom. The minimum Gasteiger partial charge on any atom is -0.507 e. The van der Waals surface area contributed by atoms with E-state index in [1.807, 2.05) is 0 Å². The summed E-state index contributed by atoms with van der Waals surface area (Å²) in [6.45, 7) is 1.38. The first-order valence-electron chi connectivity index (χ1n) is 7.68. The first-order valence-corrected chi connectivity index (χ1v) is 7.68. The van der Waals surface area contributed by atoms with Crippen molar-refractivity contribution in [2.75, 3.05) is 6.61 Å². The van der Waals surface area contributed by atoms with E-state index in [9.17, 15) is 40.2 Å². The highest BCUT2D eigenvalue weighted by atomic mass is 16.6. The van der Waals surface area contributed by atoms with Crippen LogP contribution in [0.5, 0.6) is 17.2 Å². The zero-order valence-corrected chi connectivity index (χ0v) is 14.0. The Hall–Kier alpha value is -2.40. The van der Waals surface area contributed by atoms with Gasteiger partial charge >= 0.3 is 5.97 Å². The van der Waals surface area contributed by atoms with Gasteiger partial charge in [-0.1, -0.05) is 0 Å². The summed E-state index contributed by atoms with van der Waals surface area (Å²) >= 11 is 0. The van der Waals surface area contributed by atoms with Crippen LogP contribution in [-0.2, 0) is 14.3 Å². The van der Waals surface area contributed by atoms with Crippen LogP contribution in [0.3, 0.4) is 0 Å². The van der Waals surface area contributed by atoms with Crippen molar-refractivity contribution in [3.05, 3.63) is 17.2 Å². The summed E-state index contributed by atoms with van der Waals surface area (Å²) in [5.74, 6) is -3.79. The number of esters is 1. The van der Waals surface area contributed by atoms with E-state index in [-0.39, 0.29) is 0 Å². The van der Waals surface area contributed by atoms with E-state index in [0.29, 0.717) is 0 Å². The maximum absolute atomic E-state index is 11.7. The van der Waals surface area contributed by atoms with Gasteiger partial charge in [-0.15, -0.1) is 0 Å². The molecule has 0 aliphatic carbocycles. The highest BCUT2D eigenvalue weighted by molar-refractivity contribution is 6.00. The number of ketones is 1. The van der Waals surface area contributed by atoms with E-state index < -0.39 is 77.3 Å². The molecule has 1 aromatic rings. The molecule has 0 unspecified atom stereocenters. The number of rotatable bonds is 4. The van der Waals surface area contributed by atoms with Crippen LogP contribution in [-0.4, -0.2) is 73.4 Å². The SMILES string of the molecule is CC(=O)O[C@H]1[C@@H](O)[C@H](O)[C@@H](CO)O[C@H]1c1c(O)cc(O)c(C(C)=O)c1O. The summed E-state index contributed by atoms with van der Waals surface area (Å²) in [5.41, 5.74) is -0.951. The third kappa shape index (κ3) is 3.44. The van der Waals surface area contributed by atoms with Crippen LogP contribution < -0.4 is 0 Å². The Morgan fingerprint density at radius 2 is 1.73 bits per heavy atom. The van der Waals surface area contributed by atoms with Crippen LogP contribution in [0.2, 0.25) is 0 Å². The van der Waals surface area contributed by atoms with Gasteiger partial charge in [0.15, 0.2) is 11.9 Å². The highest BCUT2D eigenvalue weighted by Gasteiger charge is 2.48. The summed E-state index contributed by atoms with van der Waals surface area (Å²) in [6, 6.07) is 0.783. The first kappa shape index (κ1) is 19.9. The van der Waals surface area contributed by atoms with Crippen molar-refractivity contribution in [3.63, 3.8) is 0 Å². The molecule has 10 heteroatoms. The average Bonchev–Trinajstić information content (AvgIpc) is 2.52. The Balaban J connectivity index is 2.63. The van der Waals surface area contributed by atoms with Crippen molar-refractivity contribution in [3.8, 4) is 17.2 Å². The lowest BCUT2D eigenvalue weighted by Crippen LogP contribution is -2.56. The number of aliphatic hydroxyl groups excluding tert-OH is 3. The zero-order chi connectivity index (χ0) is 19.8. The maximum atomic E-state index is 11.7. The summed E-state index contributed by atoms with van der Waals surface area (Å²) in [4.78, 5) is 23.0. The Bertz CT molecular complexity index is 715. The Kier molecular flexibility index (Phi) is 5.71. The fraction of sp³-hybridized carbons (Fsp3) is 0.500. The number of ether oxygens (including phenoxy) is 2. The molecule has 0 aromatic heterocycles. The molecule has 10 nitrogen and oxygen atoms in total. The number of hydrogen-bond acceptors (Lipinski definition) is 10. The van der Waals surface area contributed by atoms with Crippen LogP contribution >= 0.6 is 0 Å². The molecule has 6 N–H and O–H groups in total. The topological polar surface area (TPSA) is 174 Å². The fourth-order valence-corrected chi connectivity index (χ4v) is 2.93. The molecule has 0 spiro atoms. The monoisotopic (exact) mass is 372 g/mol. The second-order valence-electron chi connectivity index (χ2n) is 5.94. The van der Waals surface area contributed by atoms with Crippen molar-refractivity contribution in [2.24, 2.45) is 0 Å². The van der Waals surface area contributed by atoms with E-state index >= 15 is 0 Å². The number of phenols is 3. The van der Waals surface area contributed by atoms with E-state index in [4.69, 9.17) is 9.47 Å². The number of carbonyl (C=O) groups excluding carboxylic acids is 2. The molecule has 1 aromatic carbocycles. The largest absolute Gasteiger partial charge is 0.507 e. The molecule has 0 bridgehead atoms. The van der Waals surface area contributed by atoms with Crippen LogP contribution in [0.1, 0.15) is 35.9 Å². The predicted molar refractivity (Wildman–Crippen MR) is 83.7 cm³/mol. The number of hydrogen-bond donors (Lipinski definition) is 6. The van der Waals surface area contributed by atoms with Crippen LogP contribution in [0.4, 0.5) is 0 Å². The minimum absolute atomic E-state index is 0.441. The molecule has 26 heavy (non-hydrogen) atoms. The first-order chi connectivity index (χ1) is 12.1. The summed E-state index contributed by atoms with van der Waals surface area (Å²) in [7, 11) is 0. The molecule has 1 fully saturated rings. The third-order valence-corrected chi connectivity index (χ3v) is 4.10. The minimum atomic E-state index is -1.72. The standard InChI is InChI=1S/C16H20O10/c1-5(18)10-7(20)3-8(21)11(13(10)23)15-16(25-6(2)19)14(24)12(22)9(4-17)26-15/h3,9,12,14-17,20-24H,4H2,1-2H3/t9-,12-,14+,15+,16+/m1/s1. The summed E-state index contributed by atoms with van der Waals surface area (Å²) in [6.07, 6.45) is -7.76. The van der Waals surface area contributed by atoms with Gasteiger partial charge in [0.2, 0.25) is 0 Å². The Labute approximate surface area is 147 Å². The van der Waals surface area contributed by atoms with Gasteiger partial charge in [0.1, 0.15) is 47.2 Å². The lowest BCUT2D eigenvalue weighted by atomic mass is 9.88. The average molecular weight is 372 g/mol. The van der Waals surface area contributed by atoms with Crippen molar-refractivity contribution in [1.82, 2.24) is 0 Å². The second kappa shape index (κ2) is 7.46. The molecule has 2 rings (SSSR count). The molecular weight excluding hydrogens is 352 g/mol. The number of aliphatic hydroxyl groups is 3. The third-order valence-electron chi connectivity index (χ3n) is 4.10. The molecule has 0 amide bonds. The quantitative estimate of drug-likeness (QED) is 0.287. The predicted octanol–water partition coefficient (Wildman–Crippen LogP) is -0.908. The molecular formula is C16H20O10. The van der Waals surface area contributed by atoms with Crippen molar-refractivity contribution >= 4 is 11.8 Å². The number of benzene rings is 1. The smallest absolute Gasteiger partial charge is 0.303 e. The van der Waals surface area contributed by atoms with E-state index in [2.05, 4.69) is 0 Å².